The van der Waals surface area contributed by atoms with Gasteiger partial charge < -0.3 is 4.74 Å². The Morgan fingerprint density at radius 3 is 2.80 bits per heavy atom. The molecule has 0 saturated heterocycles. The fourth-order valence-electron chi connectivity index (χ4n) is 0.856. The molecule has 2 nitrogen and oxygen atoms in total. The van der Waals surface area contributed by atoms with Crippen molar-refractivity contribution in [2.75, 3.05) is 6.61 Å². The third-order valence-corrected chi connectivity index (χ3v) is 1.64. The van der Waals surface area contributed by atoms with E-state index in [1.807, 2.05) is 19.9 Å². The van der Waals surface area contributed by atoms with Gasteiger partial charge in [0.1, 0.15) is 6.29 Å². The predicted octanol–water partition coefficient (Wildman–Crippen LogP) is 1.31. The summed E-state index contributed by atoms with van der Waals surface area (Å²) in [5.74, 6) is 0. The molecular formula is C8H12O2. The maximum absolute atomic E-state index is 10.2. The third kappa shape index (κ3) is 1.67. The van der Waals surface area contributed by atoms with Gasteiger partial charge in [-0.2, -0.15) is 0 Å². The summed E-state index contributed by atoms with van der Waals surface area (Å²) in [5, 5.41) is 0. The zero-order valence-corrected chi connectivity index (χ0v) is 6.39. The molecule has 2 heteroatoms. The minimum Gasteiger partial charge on any atom is -0.370 e. The van der Waals surface area contributed by atoms with Crippen LogP contribution >= 0.6 is 0 Å². The first-order valence-electron chi connectivity index (χ1n) is 3.42. The smallest absolute Gasteiger partial charge is 0.148 e. The van der Waals surface area contributed by atoms with E-state index in [1.54, 1.807) is 0 Å². The van der Waals surface area contributed by atoms with Crippen LogP contribution in [0.25, 0.3) is 0 Å². The van der Waals surface area contributed by atoms with Crippen LogP contribution in [0.15, 0.2) is 11.6 Å². The summed E-state index contributed by atoms with van der Waals surface area (Å²) in [6.45, 7) is 4.51. The van der Waals surface area contributed by atoms with Crippen molar-refractivity contribution in [3.63, 3.8) is 0 Å². The van der Waals surface area contributed by atoms with E-state index in [-0.39, 0.29) is 5.60 Å². The Labute approximate surface area is 60.9 Å². The highest BCUT2D eigenvalue weighted by atomic mass is 16.5. The van der Waals surface area contributed by atoms with Crippen molar-refractivity contribution in [3.8, 4) is 0 Å². The van der Waals surface area contributed by atoms with Crippen molar-refractivity contribution in [1.29, 1.82) is 0 Å². The molecule has 0 radical (unpaired) electrons. The number of ether oxygens (including phenoxy) is 1. The van der Waals surface area contributed by atoms with Crippen LogP contribution < -0.4 is 0 Å². The first kappa shape index (κ1) is 7.48. The summed E-state index contributed by atoms with van der Waals surface area (Å²) in [5.41, 5.74) is 0.686. The molecule has 0 N–H and O–H groups in total. The van der Waals surface area contributed by atoms with Crippen molar-refractivity contribution in [2.45, 2.75) is 25.9 Å². The molecule has 0 bridgehead atoms. The highest BCUT2D eigenvalue weighted by molar-refractivity contribution is 5.73. The van der Waals surface area contributed by atoms with Crippen molar-refractivity contribution in [2.24, 2.45) is 0 Å². The van der Waals surface area contributed by atoms with Gasteiger partial charge in [-0.15, -0.1) is 0 Å². The van der Waals surface area contributed by atoms with Gasteiger partial charge in [0.05, 0.1) is 12.2 Å². The van der Waals surface area contributed by atoms with Gasteiger partial charge in [0, 0.05) is 5.57 Å². The second-order valence-corrected chi connectivity index (χ2v) is 3.15. The lowest BCUT2D eigenvalue weighted by atomic mass is 10.0. The zero-order valence-electron chi connectivity index (χ0n) is 6.39. The van der Waals surface area contributed by atoms with E-state index in [0.717, 1.165) is 18.3 Å². The molecular weight excluding hydrogens is 128 g/mol. The monoisotopic (exact) mass is 140 g/mol. The fourth-order valence-corrected chi connectivity index (χ4v) is 0.856. The molecule has 0 fully saturated rings. The Balaban J connectivity index is 2.60. The van der Waals surface area contributed by atoms with E-state index in [1.165, 1.54) is 0 Å². The van der Waals surface area contributed by atoms with Crippen LogP contribution in [-0.4, -0.2) is 18.5 Å². The maximum atomic E-state index is 10.2. The van der Waals surface area contributed by atoms with Gasteiger partial charge in [0.25, 0.3) is 0 Å². The van der Waals surface area contributed by atoms with E-state index in [0.29, 0.717) is 6.61 Å². The minimum absolute atomic E-state index is 0.0769. The molecule has 0 aromatic carbocycles. The Bertz CT molecular complexity index is 168. The van der Waals surface area contributed by atoms with Gasteiger partial charge in [-0.1, -0.05) is 6.08 Å². The van der Waals surface area contributed by atoms with Gasteiger partial charge in [-0.05, 0) is 20.3 Å². The molecule has 1 rings (SSSR count). The van der Waals surface area contributed by atoms with Crippen LogP contribution in [0.3, 0.4) is 0 Å². The highest BCUT2D eigenvalue weighted by Gasteiger charge is 2.21. The molecule has 56 valence electrons. The predicted molar refractivity (Wildman–Crippen MR) is 38.8 cm³/mol. The van der Waals surface area contributed by atoms with Gasteiger partial charge >= 0.3 is 0 Å². The highest BCUT2D eigenvalue weighted by Crippen LogP contribution is 2.21. The summed E-state index contributed by atoms with van der Waals surface area (Å²) in [6.07, 6.45) is 3.63. The van der Waals surface area contributed by atoms with E-state index in [4.69, 9.17) is 4.74 Å². The fraction of sp³-hybridized carbons (Fsp3) is 0.625. The van der Waals surface area contributed by atoms with E-state index in [9.17, 15) is 4.79 Å². The van der Waals surface area contributed by atoms with Crippen LogP contribution in [0.1, 0.15) is 20.3 Å². The molecule has 0 unspecified atom stereocenters. The molecule has 0 saturated carbocycles. The molecule has 0 atom stereocenters. The minimum atomic E-state index is -0.0769. The first-order chi connectivity index (χ1) is 4.64. The lowest BCUT2D eigenvalue weighted by molar-refractivity contribution is -0.106. The van der Waals surface area contributed by atoms with Gasteiger partial charge in [0.15, 0.2) is 0 Å². The van der Waals surface area contributed by atoms with Crippen molar-refractivity contribution in [3.05, 3.63) is 11.6 Å². The Kier molecular flexibility index (Phi) is 1.90. The normalized spacial score (nSPS) is 23.6. The summed E-state index contributed by atoms with van der Waals surface area (Å²) >= 11 is 0. The molecule has 10 heavy (non-hydrogen) atoms. The molecule has 0 aliphatic carbocycles. The van der Waals surface area contributed by atoms with Crippen LogP contribution in [0.2, 0.25) is 0 Å². The molecule has 0 spiro atoms. The van der Waals surface area contributed by atoms with E-state index < -0.39 is 0 Å². The molecule has 1 aliphatic heterocycles. The van der Waals surface area contributed by atoms with Crippen molar-refractivity contribution < 1.29 is 9.53 Å². The standard InChI is InChI=1S/C8H12O2/c1-8(2)4-3-7(5-9)6-10-8/h3,5H,4,6H2,1-2H3. The van der Waals surface area contributed by atoms with Crippen molar-refractivity contribution >= 4 is 6.29 Å². The third-order valence-electron chi connectivity index (χ3n) is 1.64. The van der Waals surface area contributed by atoms with Gasteiger partial charge in [-0.3, -0.25) is 4.79 Å². The zero-order chi connectivity index (χ0) is 7.61. The van der Waals surface area contributed by atoms with E-state index in [2.05, 4.69) is 0 Å². The number of hydrogen-bond acceptors (Lipinski definition) is 2. The van der Waals surface area contributed by atoms with Crippen LogP contribution in [0.4, 0.5) is 0 Å². The summed E-state index contributed by atoms with van der Waals surface area (Å²) < 4.78 is 5.37. The van der Waals surface area contributed by atoms with E-state index >= 15 is 0 Å². The Morgan fingerprint density at radius 1 is 1.70 bits per heavy atom. The number of aldehydes is 1. The van der Waals surface area contributed by atoms with Crippen LogP contribution in [0.5, 0.6) is 0 Å². The van der Waals surface area contributed by atoms with Crippen LogP contribution in [0, 0.1) is 0 Å². The average Bonchev–Trinajstić information content (AvgIpc) is 1.88. The Hall–Kier alpha value is -0.630. The number of carbonyl (C=O) groups is 1. The summed E-state index contributed by atoms with van der Waals surface area (Å²) in [7, 11) is 0. The largest absolute Gasteiger partial charge is 0.370 e. The molecule has 0 aromatic rings. The number of rotatable bonds is 1. The maximum Gasteiger partial charge on any atom is 0.148 e. The quantitative estimate of drug-likeness (QED) is 0.513. The summed E-state index contributed by atoms with van der Waals surface area (Å²) in [4.78, 5) is 10.2. The average molecular weight is 140 g/mol. The topological polar surface area (TPSA) is 26.3 Å². The summed E-state index contributed by atoms with van der Waals surface area (Å²) in [6, 6.07) is 0. The lowest BCUT2D eigenvalue weighted by Gasteiger charge is -2.27. The second kappa shape index (κ2) is 2.54. The number of hydrogen-bond donors (Lipinski definition) is 0. The van der Waals surface area contributed by atoms with Gasteiger partial charge in [-0.25, -0.2) is 0 Å². The van der Waals surface area contributed by atoms with Crippen LogP contribution in [-0.2, 0) is 9.53 Å². The molecule has 1 heterocycles. The molecule has 0 amide bonds. The number of carbonyl (C=O) groups excluding carboxylic acids is 1. The van der Waals surface area contributed by atoms with Crippen molar-refractivity contribution in [1.82, 2.24) is 0 Å². The lowest BCUT2D eigenvalue weighted by Crippen LogP contribution is -2.28. The first-order valence-corrected chi connectivity index (χ1v) is 3.42. The molecule has 1 aliphatic rings. The van der Waals surface area contributed by atoms with Gasteiger partial charge in [0.2, 0.25) is 0 Å². The molecule has 0 aromatic heterocycles. The Morgan fingerprint density at radius 2 is 2.40 bits per heavy atom. The second-order valence-electron chi connectivity index (χ2n) is 3.15. The SMILES string of the molecule is CC1(C)CC=C(C=O)CO1.